The predicted octanol–water partition coefficient (Wildman–Crippen LogP) is 5.21. The fraction of sp³-hybridized carbons (Fsp3) is 0.227. The maximum atomic E-state index is 14.2. The van der Waals surface area contributed by atoms with E-state index in [0.29, 0.717) is 0 Å². The Bertz CT molecular complexity index is 888. The first-order valence-electron chi connectivity index (χ1n) is 8.86. The van der Waals surface area contributed by atoms with Crippen LogP contribution in [0.4, 0.5) is 4.39 Å². The van der Waals surface area contributed by atoms with Gasteiger partial charge in [0, 0.05) is 17.8 Å². The summed E-state index contributed by atoms with van der Waals surface area (Å²) in [6.07, 6.45) is 5.47. The van der Waals surface area contributed by atoms with Gasteiger partial charge in [-0.3, -0.25) is 4.98 Å². The summed E-state index contributed by atoms with van der Waals surface area (Å²) >= 11 is 5.91. The largest absolute Gasteiger partial charge is 0.317 e. The highest BCUT2D eigenvalue weighted by Crippen LogP contribution is 2.41. The van der Waals surface area contributed by atoms with Crippen LogP contribution in [0.1, 0.15) is 24.0 Å². The van der Waals surface area contributed by atoms with Crippen LogP contribution >= 0.6 is 11.6 Å². The maximum absolute atomic E-state index is 14.2. The highest BCUT2D eigenvalue weighted by atomic mass is 35.5. The summed E-state index contributed by atoms with van der Waals surface area (Å²) in [5.74, 6) is -0.351. The molecular formula is C22H20ClFN2. The lowest BCUT2D eigenvalue weighted by atomic mass is 9.68. The van der Waals surface area contributed by atoms with Crippen molar-refractivity contribution in [3.8, 4) is 11.1 Å². The van der Waals surface area contributed by atoms with E-state index in [9.17, 15) is 4.39 Å². The zero-order valence-corrected chi connectivity index (χ0v) is 15.1. The van der Waals surface area contributed by atoms with Crippen LogP contribution in [0, 0.1) is 5.82 Å². The van der Waals surface area contributed by atoms with Gasteiger partial charge in [-0.05, 0) is 72.5 Å². The number of halogens is 2. The lowest BCUT2D eigenvalue weighted by molar-refractivity contribution is 0.361. The Morgan fingerprint density at radius 2 is 1.46 bits per heavy atom. The number of aromatic nitrogens is 1. The number of hydrogen-bond acceptors (Lipinski definition) is 2. The molecule has 2 nitrogen and oxygen atoms in total. The van der Waals surface area contributed by atoms with Crippen molar-refractivity contribution in [2.45, 2.75) is 18.3 Å². The number of benzene rings is 2. The van der Waals surface area contributed by atoms with Gasteiger partial charge in [0.1, 0.15) is 5.82 Å². The number of nitrogens with one attached hydrogen (secondary N) is 1. The zero-order chi connectivity index (χ0) is 18.0. The van der Waals surface area contributed by atoms with Crippen molar-refractivity contribution < 1.29 is 4.39 Å². The van der Waals surface area contributed by atoms with Crippen molar-refractivity contribution in [2.24, 2.45) is 0 Å². The SMILES string of the molecule is Fc1cc(C2(c3ccc(-c4ccncc4)cc3)CCNCC2)ccc1Cl. The Morgan fingerprint density at radius 3 is 2.12 bits per heavy atom. The Hall–Kier alpha value is -2.23. The molecule has 2 aromatic carbocycles. The van der Waals surface area contributed by atoms with Crippen molar-refractivity contribution in [1.29, 1.82) is 0 Å². The van der Waals surface area contributed by atoms with Crippen LogP contribution in [-0.4, -0.2) is 18.1 Å². The molecule has 0 saturated carbocycles. The van der Waals surface area contributed by atoms with Gasteiger partial charge < -0.3 is 5.32 Å². The first-order chi connectivity index (χ1) is 12.7. The van der Waals surface area contributed by atoms with Crippen LogP contribution in [0.3, 0.4) is 0 Å². The molecule has 3 aromatic rings. The summed E-state index contributed by atoms with van der Waals surface area (Å²) in [7, 11) is 0. The molecule has 0 bridgehead atoms. The van der Waals surface area contributed by atoms with E-state index in [4.69, 9.17) is 11.6 Å². The van der Waals surface area contributed by atoms with Gasteiger partial charge in [0.15, 0.2) is 0 Å². The van der Waals surface area contributed by atoms with Crippen molar-refractivity contribution >= 4 is 11.6 Å². The predicted molar refractivity (Wildman–Crippen MR) is 104 cm³/mol. The maximum Gasteiger partial charge on any atom is 0.142 e. The molecule has 1 N–H and O–H groups in total. The first kappa shape index (κ1) is 17.2. The van der Waals surface area contributed by atoms with E-state index in [0.717, 1.165) is 42.6 Å². The molecular weight excluding hydrogens is 347 g/mol. The van der Waals surface area contributed by atoms with Crippen molar-refractivity contribution in [3.05, 3.63) is 89.0 Å². The lowest BCUT2D eigenvalue weighted by Gasteiger charge is -2.39. The highest BCUT2D eigenvalue weighted by Gasteiger charge is 2.36. The second-order valence-electron chi connectivity index (χ2n) is 6.77. The third-order valence-corrected chi connectivity index (χ3v) is 5.69. The summed E-state index contributed by atoms with van der Waals surface area (Å²) in [5, 5.41) is 3.59. The summed E-state index contributed by atoms with van der Waals surface area (Å²) in [5.41, 5.74) is 4.33. The van der Waals surface area contributed by atoms with E-state index in [1.807, 2.05) is 18.2 Å². The second-order valence-corrected chi connectivity index (χ2v) is 7.18. The minimum atomic E-state index is -0.351. The van der Waals surface area contributed by atoms with E-state index in [1.54, 1.807) is 24.5 Å². The van der Waals surface area contributed by atoms with Gasteiger partial charge in [0.05, 0.1) is 5.02 Å². The topological polar surface area (TPSA) is 24.9 Å². The van der Waals surface area contributed by atoms with E-state index in [-0.39, 0.29) is 16.3 Å². The summed E-state index contributed by atoms with van der Waals surface area (Å²) < 4.78 is 14.2. The van der Waals surface area contributed by atoms with Crippen molar-refractivity contribution in [2.75, 3.05) is 13.1 Å². The van der Waals surface area contributed by atoms with Crippen molar-refractivity contribution in [1.82, 2.24) is 10.3 Å². The van der Waals surface area contributed by atoms with Gasteiger partial charge >= 0.3 is 0 Å². The fourth-order valence-corrected chi connectivity index (χ4v) is 4.03. The molecule has 4 rings (SSSR count). The van der Waals surface area contributed by atoms with Gasteiger partial charge in [0.2, 0.25) is 0 Å². The molecule has 26 heavy (non-hydrogen) atoms. The van der Waals surface area contributed by atoms with Crippen LogP contribution < -0.4 is 5.32 Å². The molecule has 132 valence electrons. The molecule has 1 aromatic heterocycles. The molecule has 0 unspecified atom stereocenters. The van der Waals surface area contributed by atoms with Crippen LogP contribution in [-0.2, 0) is 5.41 Å². The molecule has 0 aliphatic carbocycles. The molecule has 2 heterocycles. The minimum Gasteiger partial charge on any atom is -0.317 e. The average molecular weight is 367 g/mol. The van der Waals surface area contributed by atoms with E-state index < -0.39 is 0 Å². The molecule has 1 aliphatic rings. The number of piperidine rings is 1. The molecule has 0 radical (unpaired) electrons. The van der Waals surface area contributed by atoms with Crippen molar-refractivity contribution in [3.63, 3.8) is 0 Å². The monoisotopic (exact) mass is 366 g/mol. The zero-order valence-electron chi connectivity index (χ0n) is 14.4. The summed E-state index contributed by atoms with van der Waals surface area (Å²) in [6, 6.07) is 17.9. The Labute approximate surface area is 158 Å². The smallest absolute Gasteiger partial charge is 0.142 e. The molecule has 1 saturated heterocycles. The molecule has 0 amide bonds. The fourth-order valence-electron chi connectivity index (χ4n) is 3.92. The van der Waals surface area contributed by atoms with Gasteiger partial charge in [-0.2, -0.15) is 0 Å². The number of hydrogen-bond donors (Lipinski definition) is 1. The van der Waals surface area contributed by atoms with Gasteiger partial charge in [-0.25, -0.2) is 4.39 Å². The average Bonchev–Trinajstić information content (AvgIpc) is 2.71. The summed E-state index contributed by atoms with van der Waals surface area (Å²) in [4.78, 5) is 4.07. The third kappa shape index (κ3) is 3.13. The number of rotatable bonds is 3. The summed E-state index contributed by atoms with van der Waals surface area (Å²) in [6.45, 7) is 1.83. The van der Waals surface area contributed by atoms with E-state index in [2.05, 4.69) is 34.6 Å². The van der Waals surface area contributed by atoms with Gasteiger partial charge in [0.25, 0.3) is 0 Å². The lowest BCUT2D eigenvalue weighted by Crippen LogP contribution is -2.40. The molecule has 0 spiro atoms. The molecule has 4 heteroatoms. The molecule has 1 fully saturated rings. The Kier molecular flexibility index (Phi) is 4.75. The number of nitrogens with zero attached hydrogens (tertiary/aromatic N) is 1. The van der Waals surface area contributed by atoms with E-state index >= 15 is 0 Å². The molecule has 1 aliphatic heterocycles. The third-order valence-electron chi connectivity index (χ3n) is 5.38. The van der Waals surface area contributed by atoms with Crippen LogP contribution in [0.25, 0.3) is 11.1 Å². The standard InChI is InChI=1S/C22H20ClFN2/c23-20-6-5-19(15-21(20)24)22(9-13-26-14-10-22)18-3-1-16(2-4-18)17-7-11-25-12-8-17/h1-8,11-12,15,26H,9-10,13-14H2. The second kappa shape index (κ2) is 7.18. The van der Waals surface area contributed by atoms with Gasteiger partial charge in [-0.15, -0.1) is 0 Å². The van der Waals surface area contributed by atoms with Crippen LogP contribution in [0.5, 0.6) is 0 Å². The Balaban J connectivity index is 1.76. The quantitative estimate of drug-likeness (QED) is 0.688. The normalized spacial score (nSPS) is 16.4. The first-order valence-corrected chi connectivity index (χ1v) is 9.24. The number of pyridine rings is 1. The van der Waals surface area contributed by atoms with Crippen LogP contribution in [0.15, 0.2) is 67.0 Å². The van der Waals surface area contributed by atoms with Crippen LogP contribution in [0.2, 0.25) is 5.02 Å². The van der Waals surface area contributed by atoms with E-state index in [1.165, 1.54) is 5.56 Å². The Morgan fingerprint density at radius 1 is 0.846 bits per heavy atom. The minimum absolute atomic E-state index is 0.172. The van der Waals surface area contributed by atoms with Gasteiger partial charge in [-0.1, -0.05) is 41.9 Å². The molecule has 0 atom stereocenters. The highest BCUT2D eigenvalue weighted by molar-refractivity contribution is 6.30.